The number of carbonyl (C=O) groups excluding carboxylic acids is 1. The molecular weight excluding hydrogens is 362 g/mol. The molecule has 5 heteroatoms. The van der Waals surface area contributed by atoms with Gasteiger partial charge in [0.25, 0.3) is 0 Å². The minimum atomic E-state index is 0.134. The molecule has 0 aliphatic heterocycles. The standard InChI is InChI=1S/C24H31N3O2/c1-3-8-24(28)25-16-6-11-23-26-21-9-4-5-10-22(21)27(23)17-7-18-29-20-14-12-19(2)13-15-20/h4-5,9-10,12-15H,3,6-8,11,16-18H2,1-2H3,(H,25,28). The van der Waals surface area contributed by atoms with Crippen LogP contribution in [0.2, 0.25) is 0 Å². The largest absolute Gasteiger partial charge is 0.494 e. The zero-order chi connectivity index (χ0) is 20.5. The number of amides is 1. The summed E-state index contributed by atoms with van der Waals surface area (Å²) in [6, 6.07) is 16.4. The zero-order valence-electron chi connectivity index (χ0n) is 17.5. The van der Waals surface area contributed by atoms with Crippen LogP contribution in [0, 0.1) is 6.92 Å². The monoisotopic (exact) mass is 393 g/mol. The Hall–Kier alpha value is -2.82. The Kier molecular flexibility index (Phi) is 7.68. The summed E-state index contributed by atoms with van der Waals surface area (Å²) in [6.07, 6.45) is 4.12. The lowest BCUT2D eigenvalue weighted by molar-refractivity contribution is -0.121. The Labute approximate surface area is 173 Å². The maximum absolute atomic E-state index is 11.6. The molecule has 154 valence electrons. The number of fused-ring (bicyclic) bond motifs is 1. The number of aryl methyl sites for hydroxylation is 3. The van der Waals surface area contributed by atoms with Crippen molar-refractivity contribution in [2.24, 2.45) is 0 Å². The molecule has 0 atom stereocenters. The lowest BCUT2D eigenvalue weighted by Crippen LogP contribution is -2.24. The molecule has 1 amide bonds. The van der Waals surface area contributed by atoms with Gasteiger partial charge in [-0.15, -0.1) is 0 Å². The second-order valence-corrected chi connectivity index (χ2v) is 7.39. The summed E-state index contributed by atoms with van der Waals surface area (Å²) in [7, 11) is 0. The summed E-state index contributed by atoms with van der Waals surface area (Å²) in [4.78, 5) is 16.4. The molecule has 3 aromatic rings. The van der Waals surface area contributed by atoms with Gasteiger partial charge in [0.2, 0.25) is 5.91 Å². The number of rotatable bonds is 11. The van der Waals surface area contributed by atoms with Gasteiger partial charge in [-0.05, 0) is 50.5 Å². The summed E-state index contributed by atoms with van der Waals surface area (Å²) in [5.74, 6) is 2.12. The van der Waals surface area contributed by atoms with Crippen LogP contribution in [0.25, 0.3) is 11.0 Å². The fraction of sp³-hybridized carbons (Fsp3) is 0.417. The van der Waals surface area contributed by atoms with E-state index in [1.54, 1.807) is 0 Å². The van der Waals surface area contributed by atoms with Crippen LogP contribution in [-0.4, -0.2) is 28.6 Å². The molecule has 29 heavy (non-hydrogen) atoms. The molecular formula is C24H31N3O2. The lowest BCUT2D eigenvalue weighted by Gasteiger charge is -2.11. The van der Waals surface area contributed by atoms with Crippen molar-refractivity contribution >= 4 is 16.9 Å². The maximum atomic E-state index is 11.6. The molecule has 0 unspecified atom stereocenters. The topological polar surface area (TPSA) is 56.2 Å². The molecule has 2 aromatic carbocycles. The number of hydrogen-bond acceptors (Lipinski definition) is 3. The first-order valence-corrected chi connectivity index (χ1v) is 10.6. The average Bonchev–Trinajstić information content (AvgIpc) is 3.07. The van der Waals surface area contributed by atoms with Gasteiger partial charge in [-0.2, -0.15) is 0 Å². The fourth-order valence-corrected chi connectivity index (χ4v) is 3.40. The van der Waals surface area contributed by atoms with Crippen molar-refractivity contribution < 1.29 is 9.53 Å². The van der Waals surface area contributed by atoms with Crippen LogP contribution in [0.3, 0.4) is 0 Å². The normalized spacial score (nSPS) is 11.0. The lowest BCUT2D eigenvalue weighted by atomic mass is 10.2. The first-order valence-electron chi connectivity index (χ1n) is 10.6. The number of carbonyl (C=O) groups is 1. The van der Waals surface area contributed by atoms with E-state index in [9.17, 15) is 4.79 Å². The number of nitrogens with zero attached hydrogens (tertiary/aromatic N) is 2. The van der Waals surface area contributed by atoms with E-state index in [-0.39, 0.29) is 5.91 Å². The number of benzene rings is 2. The highest BCUT2D eigenvalue weighted by Crippen LogP contribution is 2.18. The van der Waals surface area contributed by atoms with Crippen molar-refractivity contribution in [2.45, 2.75) is 52.5 Å². The number of hydrogen-bond donors (Lipinski definition) is 1. The van der Waals surface area contributed by atoms with Crippen LogP contribution < -0.4 is 10.1 Å². The SMILES string of the molecule is CCCC(=O)NCCCc1nc2ccccc2n1CCCOc1ccc(C)cc1. The number of imidazole rings is 1. The number of para-hydroxylation sites is 2. The van der Waals surface area contributed by atoms with Gasteiger partial charge in [-0.25, -0.2) is 4.98 Å². The van der Waals surface area contributed by atoms with Gasteiger partial charge in [0.1, 0.15) is 11.6 Å². The summed E-state index contributed by atoms with van der Waals surface area (Å²) in [6.45, 7) is 6.32. The second-order valence-electron chi connectivity index (χ2n) is 7.39. The average molecular weight is 394 g/mol. The fourth-order valence-electron chi connectivity index (χ4n) is 3.40. The number of aromatic nitrogens is 2. The molecule has 0 saturated heterocycles. The third-order valence-electron chi connectivity index (χ3n) is 4.93. The molecule has 0 aliphatic rings. The predicted molar refractivity (Wildman–Crippen MR) is 117 cm³/mol. The third-order valence-corrected chi connectivity index (χ3v) is 4.93. The highest BCUT2D eigenvalue weighted by Gasteiger charge is 2.10. The van der Waals surface area contributed by atoms with Crippen LogP contribution >= 0.6 is 0 Å². The van der Waals surface area contributed by atoms with Crippen molar-refractivity contribution in [3.63, 3.8) is 0 Å². The second kappa shape index (κ2) is 10.6. The van der Waals surface area contributed by atoms with Crippen LogP contribution in [0.15, 0.2) is 48.5 Å². The predicted octanol–water partition coefficient (Wildman–Crippen LogP) is 4.66. The van der Waals surface area contributed by atoms with Gasteiger partial charge >= 0.3 is 0 Å². The van der Waals surface area contributed by atoms with E-state index >= 15 is 0 Å². The van der Waals surface area contributed by atoms with Gasteiger partial charge in [0, 0.05) is 25.9 Å². The highest BCUT2D eigenvalue weighted by molar-refractivity contribution is 5.76. The van der Waals surface area contributed by atoms with E-state index in [0.717, 1.165) is 54.8 Å². The minimum absolute atomic E-state index is 0.134. The van der Waals surface area contributed by atoms with E-state index in [2.05, 4.69) is 47.1 Å². The van der Waals surface area contributed by atoms with Crippen molar-refractivity contribution in [1.82, 2.24) is 14.9 Å². The van der Waals surface area contributed by atoms with Crippen LogP contribution in [0.1, 0.15) is 44.0 Å². The Balaban J connectivity index is 1.56. The van der Waals surface area contributed by atoms with E-state index in [1.165, 1.54) is 5.56 Å². The van der Waals surface area contributed by atoms with Crippen molar-refractivity contribution in [3.8, 4) is 5.75 Å². The first kappa shape index (κ1) is 20.9. The van der Waals surface area contributed by atoms with E-state index in [4.69, 9.17) is 9.72 Å². The van der Waals surface area contributed by atoms with Gasteiger partial charge < -0.3 is 14.6 Å². The highest BCUT2D eigenvalue weighted by atomic mass is 16.5. The van der Waals surface area contributed by atoms with Crippen molar-refractivity contribution in [1.29, 1.82) is 0 Å². The van der Waals surface area contributed by atoms with Crippen molar-refractivity contribution in [3.05, 3.63) is 59.9 Å². The Morgan fingerprint density at radius 3 is 2.69 bits per heavy atom. The molecule has 0 radical (unpaired) electrons. The molecule has 0 bridgehead atoms. The Bertz CT molecular complexity index is 916. The van der Waals surface area contributed by atoms with Gasteiger partial charge in [0.15, 0.2) is 0 Å². The molecule has 1 aromatic heterocycles. The number of ether oxygens (including phenoxy) is 1. The summed E-state index contributed by atoms with van der Waals surface area (Å²) < 4.78 is 8.17. The number of nitrogens with one attached hydrogen (secondary N) is 1. The van der Waals surface area contributed by atoms with Gasteiger partial charge in [-0.3, -0.25) is 4.79 Å². The first-order chi connectivity index (χ1) is 14.2. The Morgan fingerprint density at radius 1 is 1.10 bits per heavy atom. The third kappa shape index (κ3) is 6.08. The Morgan fingerprint density at radius 2 is 1.90 bits per heavy atom. The zero-order valence-corrected chi connectivity index (χ0v) is 17.5. The molecule has 1 N–H and O–H groups in total. The van der Waals surface area contributed by atoms with Crippen LogP contribution in [-0.2, 0) is 17.8 Å². The molecule has 3 rings (SSSR count). The molecule has 5 nitrogen and oxygen atoms in total. The molecule has 0 saturated carbocycles. The quantitative estimate of drug-likeness (QED) is 0.482. The minimum Gasteiger partial charge on any atom is -0.494 e. The maximum Gasteiger partial charge on any atom is 0.219 e. The van der Waals surface area contributed by atoms with E-state index in [0.29, 0.717) is 19.6 Å². The molecule has 0 aliphatic carbocycles. The summed E-state index contributed by atoms with van der Waals surface area (Å²) in [5.41, 5.74) is 3.42. The van der Waals surface area contributed by atoms with E-state index in [1.807, 2.05) is 25.1 Å². The van der Waals surface area contributed by atoms with Crippen LogP contribution in [0.4, 0.5) is 0 Å². The van der Waals surface area contributed by atoms with Gasteiger partial charge in [0.05, 0.1) is 17.6 Å². The summed E-state index contributed by atoms with van der Waals surface area (Å²) >= 11 is 0. The van der Waals surface area contributed by atoms with Crippen molar-refractivity contribution in [2.75, 3.05) is 13.2 Å². The van der Waals surface area contributed by atoms with Gasteiger partial charge in [-0.1, -0.05) is 36.8 Å². The molecule has 0 spiro atoms. The smallest absolute Gasteiger partial charge is 0.219 e. The van der Waals surface area contributed by atoms with Crippen LogP contribution in [0.5, 0.6) is 5.75 Å². The molecule has 1 heterocycles. The molecule has 0 fully saturated rings. The van der Waals surface area contributed by atoms with E-state index < -0.39 is 0 Å². The summed E-state index contributed by atoms with van der Waals surface area (Å²) in [5, 5.41) is 2.99.